The van der Waals surface area contributed by atoms with Crippen LogP contribution in [0.25, 0.3) is 0 Å². The molecule has 0 radical (unpaired) electrons. The van der Waals surface area contributed by atoms with Crippen LogP contribution in [0, 0.1) is 11.8 Å². The highest BCUT2D eigenvalue weighted by Gasteiger charge is 2.43. The molecule has 0 aromatic rings. The van der Waals surface area contributed by atoms with Gasteiger partial charge in [0.05, 0.1) is 5.75 Å². The third-order valence-electron chi connectivity index (χ3n) is 6.19. The van der Waals surface area contributed by atoms with Crippen molar-refractivity contribution in [2.24, 2.45) is 16.8 Å². The number of piperidine rings is 1. The molecule has 0 spiro atoms. The highest BCUT2D eigenvalue weighted by Crippen LogP contribution is 2.44. The Kier molecular flexibility index (Phi) is 8.46. The van der Waals surface area contributed by atoms with Gasteiger partial charge < -0.3 is 10.6 Å². The number of aliphatic imine (C=N–C) groups is 1. The zero-order valence-electron chi connectivity index (χ0n) is 16.1. The van der Waals surface area contributed by atoms with E-state index in [1.807, 2.05) is 7.05 Å². The SMILES string of the molecule is CCS(=O)(=O)N1CCC(NC(=NC)NC2CC2C2CCCCC2)CC1.I. The molecule has 26 heavy (non-hydrogen) atoms. The maximum Gasteiger partial charge on any atom is 0.213 e. The van der Waals surface area contributed by atoms with E-state index in [0.29, 0.717) is 25.2 Å². The minimum atomic E-state index is -3.05. The number of sulfonamides is 1. The average Bonchev–Trinajstić information content (AvgIpc) is 3.41. The van der Waals surface area contributed by atoms with Gasteiger partial charge in [-0.05, 0) is 38.0 Å². The van der Waals surface area contributed by atoms with Gasteiger partial charge in [-0.3, -0.25) is 4.99 Å². The van der Waals surface area contributed by atoms with E-state index in [1.54, 1.807) is 11.2 Å². The molecule has 2 N–H and O–H groups in total. The van der Waals surface area contributed by atoms with Crippen molar-refractivity contribution in [1.82, 2.24) is 14.9 Å². The summed E-state index contributed by atoms with van der Waals surface area (Å²) in [5, 5.41) is 7.10. The molecule has 2 atom stereocenters. The summed E-state index contributed by atoms with van der Waals surface area (Å²) < 4.78 is 25.5. The van der Waals surface area contributed by atoms with Gasteiger partial charge in [-0.1, -0.05) is 32.1 Å². The molecule has 152 valence electrons. The molecule has 2 saturated carbocycles. The summed E-state index contributed by atoms with van der Waals surface area (Å²) in [7, 11) is -1.22. The Morgan fingerprint density at radius 2 is 1.73 bits per heavy atom. The van der Waals surface area contributed by atoms with E-state index in [9.17, 15) is 8.42 Å². The van der Waals surface area contributed by atoms with E-state index >= 15 is 0 Å². The lowest BCUT2D eigenvalue weighted by atomic mass is 9.85. The summed E-state index contributed by atoms with van der Waals surface area (Å²) in [6.45, 7) is 2.93. The van der Waals surface area contributed by atoms with Crippen LogP contribution in [0.4, 0.5) is 0 Å². The summed E-state index contributed by atoms with van der Waals surface area (Å²) in [6.07, 6.45) is 9.99. The average molecular weight is 498 g/mol. The molecule has 8 heteroatoms. The zero-order valence-corrected chi connectivity index (χ0v) is 19.3. The Morgan fingerprint density at radius 3 is 2.31 bits per heavy atom. The molecule has 6 nitrogen and oxygen atoms in total. The van der Waals surface area contributed by atoms with Gasteiger partial charge in [-0.15, -0.1) is 24.0 Å². The van der Waals surface area contributed by atoms with E-state index in [-0.39, 0.29) is 29.7 Å². The van der Waals surface area contributed by atoms with Gasteiger partial charge in [0.1, 0.15) is 0 Å². The lowest BCUT2D eigenvalue weighted by Gasteiger charge is -2.32. The minimum absolute atomic E-state index is 0. The van der Waals surface area contributed by atoms with Crippen LogP contribution < -0.4 is 10.6 Å². The molecule has 0 aromatic heterocycles. The quantitative estimate of drug-likeness (QED) is 0.347. The molecule has 3 rings (SSSR count). The second kappa shape index (κ2) is 9.91. The largest absolute Gasteiger partial charge is 0.354 e. The predicted octanol–water partition coefficient (Wildman–Crippen LogP) is 2.55. The molecule has 0 aromatic carbocycles. The maximum absolute atomic E-state index is 11.9. The van der Waals surface area contributed by atoms with Crippen LogP contribution in [0.3, 0.4) is 0 Å². The fourth-order valence-corrected chi connectivity index (χ4v) is 5.60. The molecule has 1 heterocycles. The second-order valence-electron chi connectivity index (χ2n) is 7.84. The van der Waals surface area contributed by atoms with E-state index in [1.165, 1.54) is 38.5 Å². The first kappa shape index (κ1) is 22.2. The molecule has 0 amide bonds. The summed E-state index contributed by atoms with van der Waals surface area (Å²) in [6, 6.07) is 0.885. The number of rotatable bonds is 5. The van der Waals surface area contributed by atoms with Gasteiger partial charge >= 0.3 is 0 Å². The van der Waals surface area contributed by atoms with E-state index < -0.39 is 10.0 Å². The molecule has 2 aliphatic carbocycles. The Balaban J connectivity index is 0.00000243. The third-order valence-corrected chi connectivity index (χ3v) is 8.08. The van der Waals surface area contributed by atoms with Crippen LogP contribution in [0.15, 0.2) is 4.99 Å². The van der Waals surface area contributed by atoms with Crippen LogP contribution >= 0.6 is 24.0 Å². The van der Waals surface area contributed by atoms with Crippen molar-refractivity contribution in [2.45, 2.75) is 70.4 Å². The molecule has 2 unspecified atom stereocenters. The van der Waals surface area contributed by atoms with Crippen molar-refractivity contribution >= 4 is 40.0 Å². The number of hydrogen-bond donors (Lipinski definition) is 2. The van der Waals surface area contributed by atoms with Crippen LogP contribution in [0.2, 0.25) is 0 Å². The first-order valence-corrected chi connectivity index (χ1v) is 11.6. The summed E-state index contributed by atoms with van der Waals surface area (Å²) in [5.41, 5.74) is 0. The van der Waals surface area contributed by atoms with E-state index in [0.717, 1.165) is 30.6 Å². The lowest BCUT2D eigenvalue weighted by molar-refractivity contribution is 0.304. The van der Waals surface area contributed by atoms with Crippen molar-refractivity contribution in [3.05, 3.63) is 0 Å². The van der Waals surface area contributed by atoms with E-state index in [2.05, 4.69) is 15.6 Å². The first-order chi connectivity index (χ1) is 12.0. The van der Waals surface area contributed by atoms with Gasteiger partial charge in [0, 0.05) is 32.2 Å². The molecule has 3 fully saturated rings. The Bertz CT molecular complexity index is 570. The van der Waals surface area contributed by atoms with Gasteiger partial charge in [-0.2, -0.15) is 0 Å². The lowest BCUT2D eigenvalue weighted by Crippen LogP contribution is -2.50. The Morgan fingerprint density at radius 1 is 1.08 bits per heavy atom. The van der Waals surface area contributed by atoms with Crippen molar-refractivity contribution in [3.63, 3.8) is 0 Å². The highest BCUT2D eigenvalue weighted by molar-refractivity contribution is 14.0. The first-order valence-electron chi connectivity index (χ1n) is 10.0. The van der Waals surface area contributed by atoms with Crippen LogP contribution in [-0.4, -0.2) is 56.7 Å². The number of guanidine groups is 1. The van der Waals surface area contributed by atoms with Gasteiger partial charge in [0.25, 0.3) is 0 Å². The predicted molar refractivity (Wildman–Crippen MR) is 118 cm³/mol. The van der Waals surface area contributed by atoms with E-state index in [4.69, 9.17) is 0 Å². The highest BCUT2D eigenvalue weighted by atomic mass is 127. The minimum Gasteiger partial charge on any atom is -0.354 e. The Labute approximate surface area is 176 Å². The number of nitrogens with one attached hydrogen (secondary N) is 2. The van der Waals surface area contributed by atoms with Crippen LogP contribution in [0.5, 0.6) is 0 Å². The monoisotopic (exact) mass is 498 g/mol. The van der Waals surface area contributed by atoms with Crippen LogP contribution in [0.1, 0.15) is 58.3 Å². The van der Waals surface area contributed by atoms with Crippen molar-refractivity contribution in [3.8, 4) is 0 Å². The second-order valence-corrected chi connectivity index (χ2v) is 10.1. The zero-order chi connectivity index (χ0) is 17.9. The molecule has 1 aliphatic heterocycles. The van der Waals surface area contributed by atoms with Gasteiger partial charge in [0.2, 0.25) is 10.0 Å². The van der Waals surface area contributed by atoms with Gasteiger partial charge in [-0.25, -0.2) is 12.7 Å². The topological polar surface area (TPSA) is 73.8 Å². The van der Waals surface area contributed by atoms with Crippen molar-refractivity contribution < 1.29 is 8.42 Å². The smallest absolute Gasteiger partial charge is 0.213 e. The molecule has 3 aliphatic rings. The number of hydrogen-bond acceptors (Lipinski definition) is 3. The van der Waals surface area contributed by atoms with Gasteiger partial charge in [0.15, 0.2) is 5.96 Å². The maximum atomic E-state index is 11.9. The molecule has 1 saturated heterocycles. The normalized spacial score (nSPS) is 29.1. The fraction of sp³-hybridized carbons (Fsp3) is 0.944. The Hall–Kier alpha value is -0.0900. The third kappa shape index (κ3) is 5.70. The van der Waals surface area contributed by atoms with Crippen molar-refractivity contribution in [2.75, 3.05) is 25.9 Å². The molecule has 0 bridgehead atoms. The van der Waals surface area contributed by atoms with Crippen LogP contribution in [-0.2, 0) is 10.0 Å². The molecular weight excluding hydrogens is 463 g/mol. The summed E-state index contributed by atoms with van der Waals surface area (Å²) in [4.78, 5) is 4.39. The summed E-state index contributed by atoms with van der Waals surface area (Å²) in [5.74, 6) is 2.82. The number of nitrogens with zero attached hydrogens (tertiary/aromatic N) is 2. The van der Waals surface area contributed by atoms with Crippen molar-refractivity contribution in [1.29, 1.82) is 0 Å². The summed E-state index contributed by atoms with van der Waals surface area (Å²) >= 11 is 0. The standard InChI is InChI=1S/C18H34N4O2S.HI/c1-3-25(23,24)22-11-9-15(10-12-22)20-18(19-2)21-17-13-16(17)14-7-5-4-6-8-14;/h14-17H,3-13H2,1-2H3,(H2,19,20,21);1H. The fourth-order valence-electron chi connectivity index (χ4n) is 4.46. The molecular formula is C18H35IN4O2S. The number of halogens is 1.